The number of aryl methyl sites for hydroxylation is 1. The van der Waals surface area contributed by atoms with Gasteiger partial charge in [0.2, 0.25) is 0 Å². The van der Waals surface area contributed by atoms with Gasteiger partial charge in [0.05, 0.1) is 18.8 Å². The van der Waals surface area contributed by atoms with Crippen molar-refractivity contribution in [3.63, 3.8) is 0 Å². The molecule has 2 heteroatoms. The molecule has 0 spiro atoms. The molecule has 0 saturated carbocycles. The summed E-state index contributed by atoms with van der Waals surface area (Å²) >= 11 is 0. The van der Waals surface area contributed by atoms with Gasteiger partial charge < -0.3 is 4.74 Å². The number of allylic oxidation sites excluding steroid dienone is 1. The molecule has 0 aliphatic heterocycles. The number of benzene rings is 2. The molecule has 2 aromatic carbocycles. The van der Waals surface area contributed by atoms with E-state index in [2.05, 4.69) is 6.07 Å². The average Bonchev–Trinajstić information content (AvgIpc) is 2.46. The lowest BCUT2D eigenvalue weighted by atomic mass is 10.0. The summed E-state index contributed by atoms with van der Waals surface area (Å²) in [6.45, 7) is 2.03. The minimum atomic E-state index is 0.629. The highest BCUT2D eigenvalue weighted by molar-refractivity contribution is 5.90. The number of ether oxygens (including phenoxy) is 1. The molecule has 0 aliphatic carbocycles. The van der Waals surface area contributed by atoms with Crippen LogP contribution < -0.4 is 4.74 Å². The van der Waals surface area contributed by atoms with E-state index < -0.39 is 0 Å². The molecule has 2 nitrogen and oxygen atoms in total. The zero-order chi connectivity index (χ0) is 13.7. The molecular formula is C17H15NO. The number of para-hydroxylation sites is 1. The molecule has 0 radical (unpaired) electrons. The molecule has 0 aliphatic rings. The first-order valence-electron chi connectivity index (χ1n) is 6.06. The maximum absolute atomic E-state index is 9.31. The van der Waals surface area contributed by atoms with E-state index in [-0.39, 0.29) is 0 Å². The zero-order valence-corrected chi connectivity index (χ0v) is 11.1. The lowest BCUT2D eigenvalue weighted by Crippen LogP contribution is -1.87. The molecule has 0 saturated heterocycles. The minimum absolute atomic E-state index is 0.629. The predicted octanol–water partition coefficient (Wildman–Crippen LogP) is 4.07. The van der Waals surface area contributed by atoms with Gasteiger partial charge in [0.1, 0.15) is 5.75 Å². The summed E-state index contributed by atoms with van der Waals surface area (Å²) in [6.07, 6.45) is 1.85. The highest BCUT2D eigenvalue weighted by Crippen LogP contribution is 2.24. The van der Waals surface area contributed by atoms with Crippen molar-refractivity contribution < 1.29 is 4.74 Å². The van der Waals surface area contributed by atoms with Crippen LogP contribution in [0.5, 0.6) is 5.75 Å². The molecular weight excluding hydrogens is 234 g/mol. The van der Waals surface area contributed by atoms with E-state index in [4.69, 9.17) is 4.74 Å². The van der Waals surface area contributed by atoms with Crippen molar-refractivity contribution in [1.29, 1.82) is 5.26 Å². The van der Waals surface area contributed by atoms with Crippen LogP contribution in [0, 0.1) is 18.3 Å². The van der Waals surface area contributed by atoms with Gasteiger partial charge >= 0.3 is 0 Å². The van der Waals surface area contributed by atoms with Gasteiger partial charge in [-0.3, -0.25) is 0 Å². The Kier molecular flexibility index (Phi) is 4.00. The molecule has 0 bridgehead atoms. The highest BCUT2D eigenvalue weighted by atomic mass is 16.5. The van der Waals surface area contributed by atoms with Crippen molar-refractivity contribution >= 4 is 11.6 Å². The van der Waals surface area contributed by atoms with E-state index in [9.17, 15) is 5.26 Å². The van der Waals surface area contributed by atoms with Crippen LogP contribution >= 0.6 is 0 Å². The number of methoxy groups -OCH3 is 1. The second kappa shape index (κ2) is 5.88. The van der Waals surface area contributed by atoms with Crippen molar-refractivity contribution in [2.45, 2.75) is 6.92 Å². The normalized spacial score (nSPS) is 10.9. The monoisotopic (exact) mass is 249 g/mol. The Bertz CT molecular complexity index is 633. The second-order valence-electron chi connectivity index (χ2n) is 4.28. The Labute approximate surface area is 113 Å². The van der Waals surface area contributed by atoms with Gasteiger partial charge in [-0.2, -0.15) is 5.26 Å². The maximum Gasteiger partial charge on any atom is 0.126 e. The van der Waals surface area contributed by atoms with Crippen LogP contribution in [0.2, 0.25) is 0 Å². The molecule has 0 N–H and O–H groups in total. The van der Waals surface area contributed by atoms with Crippen LogP contribution in [0.3, 0.4) is 0 Å². The van der Waals surface area contributed by atoms with Crippen molar-refractivity contribution in [2.24, 2.45) is 0 Å². The quantitative estimate of drug-likeness (QED) is 0.607. The van der Waals surface area contributed by atoms with Gasteiger partial charge in [0.25, 0.3) is 0 Å². The summed E-state index contributed by atoms with van der Waals surface area (Å²) in [6, 6.07) is 17.8. The molecule has 0 fully saturated rings. The third kappa shape index (κ3) is 3.02. The Hall–Kier alpha value is -2.53. The largest absolute Gasteiger partial charge is 0.496 e. The van der Waals surface area contributed by atoms with Gasteiger partial charge in [-0.25, -0.2) is 0 Å². The van der Waals surface area contributed by atoms with Crippen molar-refractivity contribution in [2.75, 3.05) is 7.11 Å². The fourth-order valence-corrected chi connectivity index (χ4v) is 1.85. The Balaban J connectivity index is 2.44. The molecule has 0 aromatic heterocycles. The van der Waals surface area contributed by atoms with Gasteiger partial charge in [0, 0.05) is 5.56 Å². The maximum atomic E-state index is 9.31. The van der Waals surface area contributed by atoms with Gasteiger partial charge in [-0.05, 0) is 24.6 Å². The second-order valence-corrected chi connectivity index (χ2v) is 4.28. The van der Waals surface area contributed by atoms with Crippen molar-refractivity contribution in [3.05, 3.63) is 65.2 Å². The molecule has 0 amide bonds. The van der Waals surface area contributed by atoms with Crippen LogP contribution in [0.4, 0.5) is 0 Å². The summed E-state index contributed by atoms with van der Waals surface area (Å²) in [5.74, 6) is 0.766. The SMILES string of the molecule is COc1ccccc1C=C(C#N)c1ccc(C)cc1. The third-order valence-corrected chi connectivity index (χ3v) is 2.92. The van der Waals surface area contributed by atoms with Crippen molar-refractivity contribution in [3.8, 4) is 11.8 Å². The summed E-state index contributed by atoms with van der Waals surface area (Å²) < 4.78 is 5.29. The zero-order valence-electron chi connectivity index (χ0n) is 11.1. The molecule has 2 rings (SSSR count). The number of hydrogen-bond acceptors (Lipinski definition) is 2. The lowest BCUT2D eigenvalue weighted by molar-refractivity contribution is 0.414. The number of rotatable bonds is 3. The summed E-state index contributed by atoms with van der Waals surface area (Å²) in [5.41, 5.74) is 3.63. The smallest absolute Gasteiger partial charge is 0.126 e. The number of nitriles is 1. The number of nitrogens with zero attached hydrogens (tertiary/aromatic N) is 1. The van der Waals surface area contributed by atoms with E-state index in [1.54, 1.807) is 7.11 Å². The molecule has 2 aromatic rings. The van der Waals surface area contributed by atoms with Gasteiger partial charge in [-0.1, -0.05) is 48.0 Å². The predicted molar refractivity (Wildman–Crippen MR) is 77.7 cm³/mol. The van der Waals surface area contributed by atoms with E-state index in [0.29, 0.717) is 5.57 Å². The van der Waals surface area contributed by atoms with E-state index >= 15 is 0 Å². The van der Waals surface area contributed by atoms with E-state index in [1.807, 2.05) is 61.5 Å². The highest BCUT2D eigenvalue weighted by Gasteiger charge is 2.04. The van der Waals surface area contributed by atoms with Crippen LogP contribution in [-0.2, 0) is 0 Å². The molecule has 0 atom stereocenters. The summed E-state index contributed by atoms with van der Waals surface area (Å²) in [5, 5.41) is 9.31. The van der Waals surface area contributed by atoms with Gasteiger partial charge in [0.15, 0.2) is 0 Å². The van der Waals surface area contributed by atoms with Crippen LogP contribution in [0.1, 0.15) is 16.7 Å². The van der Waals surface area contributed by atoms with Gasteiger partial charge in [-0.15, -0.1) is 0 Å². The number of hydrogen-bond donors (Lipinski definition) is 0. The first-order chi connectivity index (χ1) is 9.24. The summed E-state index contributed by atoms with van der Waals surface area (Å²) in [4.78, 5) is 0. The summed E-state index contributed by atoms with van der Waals surface area (Å²) in [7, 11) is 1.63. The van der Waals surface area contributed by atoms with Crippen LogP contribution in [0.15, 0.2) is 48.5 Å². The average molecular weight is 249 g/mol. The fourth-order valence-electron chi connectivity index (χ4n) is 1.85. The first-order valence-corrected chi connectivity index (χ1v) is 6.06. The van der Waals surface area contributed by atoms with E-state index in [1.165, 1.54) is 5.56 Å². The Morgan fingerprint density at radius 3 is 2.42 bits per heavy atom. The first kappa shape index (κ1) is 12.9. The molecule has 19 heavy (non-hydrogen) atoms. The van der Waals surface area contributed by atoms with Crippen molar-refractivity contribution in [1.82, 2.24) is 0 Å². The molecule has 0 unspecified atom stereocenters. The topological polar surface area (TPSA) is 33.0 Å². The third-order valence-electron chi connectivity index (χ3n) is 2.92. The lowest BCUT2D eigenvalue weighted by Gasteiger charge is -2.05. The molecule has 0 heterocycles. The van der Waals surface area contributed by atoms with E-state index in [0.717, 1.165) is 16.9 Å². The Morgan fingerprint density at radius 2 is 1.79 bits per heavy atom. The van der Waals surface area contributed by atoms with Crippen LogP contribution in [-0.4, -0.2) is 7.11 Å². The van der Waals surface area contributed by atoms with Crippen LogP contribution in [0.25, 0.3) is 11.6 Å². The Morgan fingerprint density at radius 1 is 1.11 bits per heavy atom. The molecule has 94 valence electrons. The fraction of sp³-hybridized carbons (Fsp3) is 0.118. The minimum Gasteiger partial charge on any atom is -0.496 e. The standard InChI is InChI=1S/C17H15NO/c1-13-7-9-14(10-8-13)16(12-18)11-15-5-3-4-6-17(15)19-2/h3-11H,1-2H3.